The SMILES string of the molecule is CCNC(=O)CC1CN(C(=O)c2nc(NC(C)c3cncc(F)c3)nc3cc(C)sc23)C1. The zero-order chi connectivity index (χ0) is 22.8. The van der Waals surface area contributed by atoms with E-state index in [1.54, 1.807) is 11.1 Å². The van der Waals surface area contributed by atoms with Crippen LogP contribution in [0.1, 0.15) is 47.2 Å². The first-order valence-corrected chi connectivity index (χ1v) is 11.4. The van der Waals surface area contributed by atoms with Gasteiger partial charge in [-0.05, 0) is 38.5 Å². The molecule has 1 aliphatic heterocycles. The molecule has 32 heavy (non-hydrogen) atoms. The van der Waals surface area contributed by atoms with Crippen LogP contribution >= 0.6 is 11.3 Å². The number of rotatable bonds is 7. The van der Waals surface area contributed by atoms with Gasteiger partial charge in [0.25, 0.3) is 5.91 Å². The number of anilines is 1. The van der Waals surface area contributed by atoms with Crippen LogP contribution in [0.5, 0.6) is 0 Å². The molecule has 3 aromatic rings. The van der Waals surface area contributed by atoms with Crippen LogP contribution in [0.3, 0.4) is 0 Å². The van der Waals surface area contributed by atoms with Crippen LogP contribution in [0.2, 0.25) is 0 Å². The summed E-state index contributed by atoms with van der Waals surface area (Å²) >= 11 is 1.48. The van der Waals surface area contributed by atoms with Crippen molar-refractivity contribution in [3.05, 3.63) is 46.5 Å². The zero-order valence-electron chi connectivity index (χ0n) is 18.2. The Labute approximate surface area is 189 Å². The molecule has 0 aliphatic carbocycles. The number of amides is 2. The van der Waals surface area contributed by atoms with Gasteiger partial charge in [-0.2, -0.15) is 0 Å². The molecule has 0 bridgehead atoms. The molecule has 1 fully saturated rings. The first-order chi connectivity index (χ1) is 15.3. The Kier molecular flexibility index (Phi) is 6.31. The predicted molar refractivity (Wildman–Crippen MR) is 121 cm³/mol. The number of carbonyl (C=O) groups is 2. The van der Waals surface area contributed by atoms with E-state index in [1.165, 1.54) is 17.4 Å². The summed E-state index contributed by atoms with van der Waals surface area (Å²) in [6.45, 7) is 7.35. The average molecular weight is 457 g/mol. The van der Waals surface area contributed by atoms with E-state index >= 15 is 0 Å². The van der Waals surface area contributed by atoms with Gasteiger partial charge in [-0.3, -0.25) is 14.6 Å². The number of halogens is 1. The molecule has 0 radical (unpaired) electrons. The number of fused-ring (bicyclic) bond motifs is 1. The minimum atomic E-state index is -0.420. The molecule has 0 aromatic carbocycles. The van der Waals surface area contributed by atoms with Crippen LogP contribution in [0.15, 0.2) is 24.5 Å². The number of likely N-dealkylation sites (tertiary alicyclic amines) is 1. The van der Waals surface area contributed by atoms with E-state index in [1.807, 2.05) is 26.8 Å². The molecule has 8 nitrogen and oxygen atoms in total. The number of aromatic nitrogens is 3. The van der Waals surface area contributed by atoms with Gasteiger partial charge < -0.3 is 15.5 Å². The third-order valence-electron chi connectivity index (χ3n) is 5.36. The summed E-state index contributed by atoms with van der Waals surface area (Å²) in [4.78, 5) is 40.7. The van der Waals surface area contributed by atoms with Crippen LogP contribution in [0, 0.1) is 18.7 Å². The molecule has 2 amide bonds. The van der Waals surface area contributed by atoms with Crippen molar-refractivity contribution in [2.75, 3.05) is 25.0 Å². The summed E-state index contributed by atoms with van der Waals surface area (Å²) in [7, 11) is 0. The molecule has 3 aromatic heterocycles. The van der Waals surface area contributed by atoms with Crippen LogP contribution in [-0.2, 0) is 4.79 Å². The molecule has 1 unspecified atom stereocenters. The number of nitrogens with zero attached hydrogens (tertiary/aromatic N) is 4. The maximum Gasteiger partial charge on any atom is 0.274 e. The second kappa shape index (κ2) is 9.15. The lowest BCUT2D eigenvalue weighted by molar-refractivity contribution is -0.123. The first-order valence-electron chi connectivity index (χ1n) is 10.5. The predicted octanol–water partition coefficient (Wildman–Crippen LogP) is 3.31. The van der Waals surface area contributed by atoms with Crippen molar-refractivity contribution in [1.29, 1.82) is 0 Å². The van der Waals surface area contributed by atoms with Crippen LogP contribution in [0.25, 0.3) is 10.2 Å². The zero-order valence-corrected chi connectivity index (χ0v) is 19.0. The fourth-order valence-corrected chi connectivity index (χ4v) is 4.68. The van der Waals surface area contributed by atoms with Gasteiger partial charge in [-0.25, -0.2) is 14.4 Å². The quantitative estimate of drug-likeness (QED) is 0.566. The average Bonchev–Trinajstić information content (AvgIpc) is 3.09. The van der Waals surface area contributed by atoms with Gasteiger partial charge in [0, 0.05) is 43.0 Å². The fourth-order valence-electron chi connectivity index (χ4n) is 3.75. The Hall–Kier alpha value is -3.14. The molecule has 1 atom stereocenters. The van der Waals surface area contributed by atoms with Crippen molar-refractivity contribution in [2.45, 2.75) is 33.2 Å². The Morgan fingerprint density at radius 1 is 1.28 bits per heavy atom. The molecule has 0 spiro atoms. The third kappa shape index (κ3) is 4.69. The highest BCUT2D eigenvalue weighted by Gasteiger charge is 2.34. The van der Waals surface area contributed by atoms with Crippen molar-refractivity contribution in [2.24, 2.45) is 5.92 Å². The van der Waals surface area contributed by atoms with Gasteiger partial charge in [0.05, 0.1) is 22.5 Å². The van der Waals surface area contributed by atoms with E-state index in [9.17, 15) is 14.0 Å². The number of nitrogens with one attached hydrogen (secondary N) is 2. The molecule has 4 rings (SSSR count). The van der Waals surface area contributed by atoms with E-state index in [0.717, 1.165) is 15.8 Å². The Bertz CT molecular complexity index is 1160. The molecule has 4 heterocycles. The van der Waals surface area contributed by atoms with Crippen molar-refractivity contribution < 1.29 is 14.0 Å². The maximum atomic E-state index is 13.5. The standard InChI is InChI=1S/C22H25FN6O2S/c1-4-25-18(30)6-14-10-29(11-14)21(31)19-20-17(5-12(2)32-20)27-22(28-19)26-13(3)15-7-16(23)9-24-8-15/h5,7-9,13-14H,4,6,10-11H2,1-3H3,(H,25,30)(H,26,27,28). The van der Waals surface area contributed by atoms with Gasteiger partial charge in [-0.1, -0.05) is 0 Å². The summed E-state index contributed by atoms with van der Waals surface area (Å²) in [5.41, 5.74) is 1.69. The Balaban J connectivity index is 1.54. The number of thiophene rings is 1. The molecule has 168 valence electrons. The highest BCUT2D eigenvalue weighted by Crippen LogP contribution is 2.31. The van der Waals surface area contributed by atoms with E-state index in [2.05, 4.69) is 25.6 Å². The van der Waals surface area contributed by atoms with Crippen LogP contribution in [0.4, 0.5) is 10.3 Å². The van der Waals surface area contributed by atoms with Crippen LogP contribution in [-0.4, -0.2) is 51.3 Å². The minimum Gasteiger partial charge on any atom is -0.356 e. The Morgan fingerprint density at radius 2 is 2.06 bits per heavy atom. The number of carbonyl (C=O) groups excluding carboxylic acids is 2. The second-order valence-corrected chi connectivity index (χ2v) is 9.26. The van der Waals surface area contributed by atoms with E-state index < -0.39 is 5.82 Å². The normalized spacial score (nSPS) is 14.8. The summed E-state index contributed by atoms with van der Waals surface area (Å²) in [6, 6.07) is 3.02. The van der Waals surface area contributed by atoms with Crippen molar-refractivity contribution in [3.63, 3.8) is 0 Å². The van der Waals surface area contributed by atoms with Crippen molar-refractivity contribution in [1.82, 2.24) is 25.2 Å². The summed E-state index contributed by atoms with van der Waals surface area (Å²) in [6.07, 6.45) is 3.14. The second-order valence-electron chi connectivity index (χ2n) is 8.00. The smallest absolute Gasteiger partial charge is 0.274 e. The van der Waals surface area contributed by atoms with Gasteiger partial charge in [-0.15, -0.1) is 11.3 Å². The van der Waals surface area contributed by atoms with Crippen LogP contribution < -0.4 is 10.6 Å². The highest BCUT2D eigenvalue weighted by molar-refractivity contribution is 7.19. The molecule has 2 N–H and O–H groups in total. The molecule has 1 aliphatic rings. The number of aryl methyl sites for hydroxylation is 1. The summed E-state index contributed by atoms with van der Waals surface area (Å²) in [5, 5.41) is 5.95. The Morgan fingerprint density at radius 3 is 2.78 bits per heavy atom. The van der Waals surface area contributed by atoms with E-state index in [4.69, 9.17) is 0 Å². The summed E-state index contributed by atoms with van der Waals surface area (Å²) in [5.74, 6) is -0.123. The largest absolute Gasteiger partial charge is 0.356 e. The molecule has 1 saturated heterocycles. The monoisotopic (exact) mass is 456 g/mol. The minimum absolute atomic E-state index is 0.00946. The number of pyridine rings is 1. The topological polar surface area (TPSA) is 100 Å². The molecular weight excluding hydrogens is 431 g/mol. The lowest BCUT2D eigenvalue weighted by Gasteiger charge is -2.38. The fraction of sp³-hybridized carbons (Fsp3) is 0.409. The van der Waals surface area contributed by atoms with Gasteiger partial charge in [0.2, 0.25) is 11.9 Å². The third-order valence-corrected chi connectivity index (χ3v) is 6.41. The molecule has 10 heteroatoms. The van der Waals surface area contributed by atoms with Gasteiger partial charge in [0.1, 0.15) is 5.82 Å². The highest BCUT2D eigenvalue weighted by atomic mass is 32.1. The van der Waals surface area contributed by atoms with E-state index in [0.29, 0.717) is 48.8 Å². The lowest BCUT2D eigenvalue weighted by Crippen LogP contribution is -2.51. The molecule has 0 saturated carbocycles. The number of hydrogen-bond donors (Lipinski definition) is 2. The van der Waals surface area contributed by atoms with E-state index in [-0.39, 0.29) is 23.8 Å². The van der Waals surface area contributed by atoms with Crippen molar-refractivity contribution >= 4 is 39.3 Å². The molecular formula is C22H25FN6O2S. The summed E-state index contributed by atoms with van der Waals surface area (Å²) < 4.78 is 14.3. The van der Waals surface area contributed by atoms with Gasteiger partial charge >= 0.3 is 0 Å². The van der Waals surface area contributed by atoms with Crippen molar-refractivity contribution in [3.8, 4) is 0 Å². The first kappa shape index (κ1) is 22.1. The number of hydrogen-bond acceptors (Lipinski definition) is 7. The maximum absolute atomic E-state index is 13.5. The van der Waals surface area contributed by atoms with Gasteiger partial charge in [0.15, 0.2) is 5.69 Å². The lowest BCUT2D eigenvalue weighted by atomic mass is 9.95.